The predicted octanol–water partition coefficient (Wildman–Crippen LogP) is 1.85. The lowest BCUT2D eigenvalue weighted by atomic mass is 10.3. The molecule has 0 saturated carbocycles. The molecule has 0 spiro atoms. The van der Waals surface area contributed by atoms with Crippen molar-refractivity contribution in [3.05, 3.63) is 29.3 Å². The lowest BCUT2D eigenvalue weighted by Gasteiger charge is -2.12. The fraction of sp³-hybridized carbons (Fsp3) is 0.364. The number of aromatic nitrogens is 3. The van der Waals surface area contributed by atoms with E-state index in [9.17, 15) is 4.79 Å². The Labute approximate surface area is 108 Å². The number of aromatic carboxylic acids is 1. The summed E-state index contributed by atoms with van der Waals surface area (Å²) < 4.78 is 1.95. The highest BCUT2D eigenvalue weighted by Gasteiger charge is 2.15. The minimum atomic E-state index is -0.987. The van der Waals surface area contributed by atoms with Crippen LogP contribution in [0.4, 0.5) is 5.13 Å². The molecule has 1 atom stereocenters. The van der Waals surface area contributed by atoms with Crippen LogP contribution in [0.3, 0.4) is 0 Å². The SMILES string of the molecule is Cc1sc(NC(C)Cn2ccnc2)nc1C(=O)O. The van der Waals surface area contributed by atoms with Gasteiger partial charge in [-0.15, -0.1) is 11.3 Å². The van der Waals surface area contributed by atoms with Crippen LogP contribution < -0.4 is 5.32 Å². The van der Waals surface area contributed by atoms with Gasteiger partial charge in [0, 0.05) is 29.9 Å². The second kappa shape index (κ2) is 5.18. The number of rotatable bonds is 5. The highest BCUT2D eigenvalue weighted by atomic mass is 32.1. The molecule has 96 valence electrons. The Morgan fingerprint density at radius 3 is 3.00 bits per heavy atom. The van der Waals surface area contributed by atoms with Crippen molar-refractivity contribution in [3.63, 3.8) is 0 Å². The standard InChI is InChI=1S/C11H14N4O2S/c1-7(5-15-4-3-12-6-15)13-11-14-9(10(16)17)8(2)18-11/h3-4,6-7H,5H2,1-2H3,(H,13,14)(H,16,17). The summed E-state index contributed by atoms with van der Waals surface area (Å²) >= 11 is 1.36. The third-order valence-corrected chi connectivity index (χ3v) is 3.31. The molecule has 0 aliphatic rings. The van der Waals surface area contributed by atoms with E-state index in [1.165, 1.54) is 11.3 Å². The molecule has 0 saturated heterocycles. The minimum absolute atomic E-state index is 0.123. The first kappa shape index (κ1) is 12.6. The molecule has 2 rings (SSSR count). The van der Waals surface area contributed by atoms with Crippen molar-refractivity contribution >= 4 is 22.4 Å². The molecule has 0 fully saturated rings. The zero-order chi connectivity index (χ0) is 13.1. The Hall–Kier alpha value is -1.89. The van der Waals surface area contributed by atoms with E-state index < -0.39 is 5.97 Å². The van der Waals surface area contributed by atoms with Gasteiger partial charge in [-0.25, -0.2) is 14.8 Å². The Balaban J connectivity index is 2.01. The maximum absolute atomic E-state index is 10.9. The molecule has 2 N–H and O–H groups in total. The van der Waals surface area contributed by atoms with Crippen LogP contribution in [0.5, 0.6) is 0 Å². The summed E-state index contributed by atoms with van der Waals surface area (Å²) in [5, 5.41) is 12.8. The van der Waals surface area contributed by atoms with Crippen molar-refractivity contribution in [2.75, 3.05) is 5.32 Å². The summed E-state index contributed by atoms with van der Waals surface area (Å²) in [6, 6.07) is 0.145. The topological polar surface area (TPSA) is 80.0 Å². The average Bonchev–Trinajstić information content (AvgIpc) is 2.88. The third-order valence-electron chi connectivity index (χ3n) is 2.41. The van der Waals surface area contributed by atoms with Crippen molar-refractivity contribution < 1.29 is 9.90 Å². The van der Waals surface area contributed by atoms with Crippen LogP contribution >= 0.6 is 11.3 Å². The van der Waals surface area contributed by atoms with E-state index in [0.717, 1.165) is 6.54 Å². The van der Waals surface area contributed by atoms with Crippen LogP contribution in [0, 0.1) is 6.92 Å². The molecule has 0 amide bonds. The monoisotopic (exact) mass is 266 g/mol. The number of carboxylic acid groups (broad SMARTS) is 1. The van der Waals surface area contributed by atoms with Gasteiger partial charge in [-0.05, 0) is 13.8 Å². The summed E-state index contributed by atoms with van der Waals surface area (Å²) in [5.74, 6) is -0.987. The lowest BCUT2D eigenvalue weighted by Crippen LogP contribution is -2.21. The molecule has 18 heavy (non-hydrogen) atoms. The summed E-state index contributed by atoms with van der Waals surface area (Å²) in [7, 11) is 0. The van der Waals surface area contributed by atoms with E-state index in [1.54, 1.807) is 19.4 Å². The Morgan fingerprint density at radius 2 is 2.44 bits per heavy atom. The quantitative estimate of drug-likeness (QED) is 0.863. The Kier molecular flexibility index (Phi) is 3.61. The average molecular weight is 266 g/mol. The van der Waals surface area contributed by atoms with Gasteiger partial charge in [0.25, 0.3) is 0 Å². The van der Waals surface area contributed by atoms with Gasteiger partial charge in [-0.3, -0.25) is 0 Å². The van der Waals surface area contributed by atoms with E-state index in [0.29, 0.717) is 10.0 Å². The van der Waals surface area contributed by atoms with Gasteiger partial charge < -0.3 is 15.0 Å². The van der Waals surface area contributed by atoms with Gasteiger partial charge in [-0.1, -0.05) is 0 Å². The zero-order valence-electron chi connectivity index (χ0n) is 10.1. The van der Waals surface area contributed by atoms with E-state index >= 15 is 0 Å². The van der Waals surface area contributed by atoms with Gasteiger partial charge in [0.2, 0.25) is 0 Å². The lowest BCUT2D eigenvalue weighted by molar-refractivity contribution is 0.0690. The maximum atomic E-state index is 10.9. The smallest absolute Gasteiger partial charge is 0.355 e. The molecule has 0 aromatic carbocycles. The molecule has 0 radical (unpaired) electrons. The molecule has 2 aromatic rings. The number of nitrogens with one attached hydrogen (secondary N) is 1. The van der Waals surface area contributed by atoms with Crippen molar-refractivity contribution in [1.29, 1.82) is 0 Å². The molecule has 7 heteroatoms. The first-order valence-corrected chi connectivity index (χ1v) is 6.31. The van der Waals surface area contributed by atoms with Gasteiger partial charge >= 0.3 is 5.97 Å². The van der Waals surface area contributed by atoms with Gasteiger partial charge in [0.1, 0.15) is 0 Å². The number of aryl methyl sites for hydroxylation is 1. The van der Waals surface area contributed by atoms with E-state index in [-0.39, 0.29) is 11.7 Å². The second-order valence-corrected chi connectivity index (χ2v) is 5.24. The number of hydrogen-bond acceptors (Lipinski definition) is 5. The number of carboxylic acids is 1. The Bertz CT molecular complexity index is 535. The molecule has 2 heterocycles. The molecule has 0 bridgehead atoms. The number of imidazole rings is 1. The van der Waals surface area contributed by atoms with Crippen molar-refractivity contribution in [2.24, 2.45) is 0 Å². The maximum Gasteiger partial charge on any atom is 0.355 e. The van der Waals surface area contributed by atoms with E-state index in [1.807, 2.05) is 17.7 Å². The van der Waals surface area contributed by atoms with Crippen LogP contribution in [0.1, 0.15) is 22.3 Å². The van der Waals surface area contributed by atoms with E-state index in [2.05, 4.69) is 15.3 Å². The minimum Gasteiger partial charge on any atom is -0.476 e. The van der Waals surface area contributed by atoms with Gasteiger partial charge in [0.15, 0.2) is 10.8 Å². The molecular weight excluding hydrogens is 252 g/mol. The van der Waals surface area contributed by atoms with Crippen molar-refractivity contribution in [3.8, 4) is 0 Å². The first-order chi connectivity index (χ1) is 8.56. The predicted molar refractivity (Wildman–Crippen MR) is 69.1 cm³/mol. The fourth-order valence-corrected chi connectivity index (χ4v) is 2.54. The van der Waals surface area contributed by atoms with Gasteiger partial charge in [-0.2, -0.15) is 0 Å². The van der Waals surface area contributed by atoms with Crippen LogP contribution in [-0.2, 0) is 6.54 Å². The number of nitrogens with zero attached hydrogens (tertiary/aromatic N) is 3. The second-order valence-electron chi connectivity index (χ2n) is 4.03. The van der Waals surface area contributed by atoms with Crippen LogP contribution in [0.2, 0.25) is 0 Å². The fourth-order valence-electron chi connectivity index (χ4n) is 1.62. The highest BCUT2D eigenvalue weighted by molar-refractivity contribution is 7.15. The molecule has 0 aliphatic heterocycles. The van der Waals surface area contributed by atoms with Crippen LogP contribution in [0.15, 0.2) is 18.7 Å². The molecule has 6 nitrogen and oxygen atoms in total. The normalized spacial score (nSPS) is 12.3. The summed E-state index contributed by atoms with van der Waals surface area (Å²) in [5.41, 5.74) is 0.123. The van der Waals surface area contributed by atoms with Crippen molar-refractivity contribution in [2.45, 2.75) is 26.4 Å². The molecule has 0 aliphatic carbocycles. The third kappa shape index (κ3) is 2.86. The van der Waals surface area contributed by atoms with E-state index in [4.69, 9.17) is 5.11 Å². The van der Waals surface area contributed by atoms with Crippen LogP contribution in [-0.4, -0.2) is 31.7 Å². The zero-order valence-corrected chi connectivity index (χ0v) is 10.9. The largest absolute Gasteiger partial charge is 0.476 e. The first-order valence-electron chi connectivity index (χ1n) is 5.49. The number of hydrogen-bond donors (Lipinski definition) is 2. The van der Waals surface area contributed by atoms with Crippen molar-refractivity contribution in [1.82, 2.24) is 14.5 Å². The van der Waals surface area contributed by atoms with Gasteiger partial charge in [0.05, 0.1) is 6.33 Å². The number of anilines is 1. The number of thiazole rings is 1. The summed E-state index contributed by atoms with van der Waals surface area (Å²) in [4.78, 5) is 19.6. The highest BCUT2D eigenvalue weighted by Crippen LogP contribution is 2.22. The molecule has 1 unspecified atom stereocenters. The Morgan fingerprint density at radius 1 is 1.67 bits per heavy atom. The summed E-state index contributed by atoms with van der Waals surface area (Å²) in [6.07, 6.45) is 5.35. The molecular formula is C11H14N4O2S. The number of carbonyl (C=O) groups is 1. The van der Waals surface area contributed by atoms with Crippen LogP contribution in [0.25, 0.3) is 0 Å². The molecule has 2 aromatic heterocycles. The summed E-state index contributed by atoms with van der Waals surface area (Å²) in [6.45, 7) is 4.52.